The van der Waals surface area contributed by atoms with Crippen LogP contribution in [-0.2, 0) is 4.79 Å². The van der Waals surface area contributed by atoms with Crippen molar-refractivity contribution in [3.05, 3.63) is 0 Å². The summed E-state index contributed by atoms with van der Waals surface area (Å²) in [7, 11) is 0. The molecule has 0 aliphatic rings. The van der Waals surface area contributed by atoms with Crippen LogP contribution in [0.2, 0.25) is 0 Å². The summed E-state index contributed by atoms with van der Waals surface area (Å²) in [5.74, 6) is 0.150. The quantitative estimate of drug-likeness (QED) is 0.528. The molecule has 5 heteroatoms. The molecular weight excluding hydrogens is 230 g/mol. The van der Waals surface area contributed by atoms with E-state index in [1.54, 1.807) is 0 Å². The monoisotopic (exact) mass is 259 g/mol. The van der Waals surface area contributed by atoms with Gasteiger partial charge in [0.25, 0.3) is 0 Å². The average Bonchev–Trinajstić information content (AvgIpc) is 2.36. The Hall–Kier alpha value is -0.650. The molecule has 0 aliphatic carbocycles. The molecule has 0 aliphatic heterocycles. The maximum absolute atomic E-state index is 12.0. The molecule has 2 unspecified atom stereocenters. The topological polar surface area (TPSA) is 78.6 Å². The van der Waals surface area contributed by atoms with Crippen molar-refractivity contribution in [3.63, 3.8) is 0 Å². The van der Waals surface area contributed by atoms with Crippen LogP contribution < -0.4 is 11.1 Å². The van der Waals surface area contributed by atoms with Crippen LogP contribution in [0.1, 0.15) is 40.0 Å². The van der Waals surface area contributed by atoms with Gasteiger partial charge in [0.1, 0.15) is 0 Å². The number of carbonyl (C=O) groups excluding carboxylic acids is 1. The molecule has 0 rings (SSSR count). The predicted octanol–water partition coefficient (Wildman–Crippen LogP) is 0.323. The molecule has 0 spiro atoms. The average molecular weight is 259 g/mol. The third-order valence-corrected chi connectivity index (χ3v) is 3.14. The highest BCUT2D eigenvalue weighted by atomic mass is 16.2. The highest BCUT2D eigenvalue weighted by molar-refractivity contribution is 5.76. The van der Waals surface area contributed by atoms with E-state index in [1.807, 2.05) is 18.7 Å². The van der Waals surface area contributed by atoms with E-state index in [-0.39, 0.29) is 24.6 Å². The first-order valence-electron chi connectivity index (χ1n) is 6.93. The van der Waals surface area contributed by atoms with E-state index in [9.17, 15) is 4.79 Å². The minimum Gasteiger partial charge on any atom is -0.396 e. The van der Waals surface area contributed by atoms with Crippen LogP contribution >= 0.6 is 0 Å². The Bertz CT molecular complexity index is 220. The van der Waals surface area contributed by atoms with Crippen molar-refractivity contribution in [2.75, 3.05) is 26.2 Å². The molecule has 18 heavy (non-hydrogen) atoms. The number of amides is 1. The van der Waals surface area contributed by atoms with Gasteiger partial charge in [-0.05, 0) is 33.6 Å². The molecule has 0 bridgehead atoms. The second kappa shape index (κ2) is 10.3. The standard InChI is InChI=1S/C13H29N3O2/c1-4-16(5-2)13(18)9-12(10-14)15-11(3)7-6-8-17/h11-12,15,17H,4-10,14H2,1-3H3. The molecule has 0 saturated carbocycles. The highest BCUT2D eigenvalue weighted by Crippen LogP contribution is 2.02. The van der Waals surface area contributed by atoms with E-state index in [0.29, 0.717) is 13.0 Å². The summed E-state index contributed by atoms with van der Waals surface area (Å²) in [6, 6.07) is 0.294. The van der Waals surface area contributed by atoms with Crippen LogP contribution in [0.4, 0.5) is 0 Å². The molecule has 0 radical (unpaired) electrons. The lowest BCUT2D eigenvalue weighted by Gasteiger charge is -2.25. The van der Waals surface area contributed by atoms with Crippen molar-refractivity contribution in [3.8, 4) is 0 Å². The molecule has 108 valence electrons. The van der Waals surface area contributed by atoms with Crippen molar-refractivity contribution >= 4 is 5.91 Å². The van der Waals surface area contributed by atoms with Crippen molar-refractivity contribution in [2.45, 2.75) is 52.1 Å². The van der Waals surface area contributed by atoms with Crippen LogP contribution in [0.25, 0.3) is 0 Å². The molecule has 4 N–H and O–H groups in total. The third-order valence-electron chi connectivity index (χ3n) is 3.14. The summed E-state index contributed by atoms with van der Waals surface area (Å²) in [6.45, 7) is 8.17. The fraction of sp³-hybridized carbons (Fsp3) is 0.923. The summed E-state index contributed by atoms with van der Waals surface area (Å²) in [4.78, 5) is 13.8. The molecule has 0 heterocycles. The van der Waals surface area contributed by atoms with Crippen LogP contribution in [0, 0.1) is 0 Å². The van der Waals surface area contributed by atoms with E-state index in [1.165, 1.54) is 0 Å². The number of aliphatic hydroxyl groups excluding tert-OH is 1. The summed E-state index contributed by atoms with van der Waals surface area (Å²) in [6.07, 6.45) is 2.11. The lowest BCUT2D eigenvalue weighted by Crippen LogP contribution is -2.45. The van der Waals surface area contributed by atoms with Gasteiger partial charge in [0.2, 0.25) is 5.91 Å². The Morgan fingerprint density at radius 2 is 2.00 bits per heavy atom. The molecule has 1 amide bonds. The van der Waals surface area contributed by atoms with Gasteiger partial charge in [-0.3, -0.25) is 4.79 Å². The zero-order valence-corrected chi connectivity index (χ0v) is 12.0. The van der Waals surface area contributed by atoms with Gasteiger partial charge in [-0.15, -0.1) is 0 Å². The second-order valence-electron chi connectivity index (χ2n) is 4.64. The predicted molar refractivity (Wildman–Crippen MR) is 74.3 cm³/mol. The maximum atomic E-state index is 12.0. The van der Waals surface area contributed by atoms with Gasteiger partial charge in [-0.1, -0.05) is 0 Å². The molecule has 0 saturated heterocycles. The van der Waals surface area contributed by atoms with Gasteiger partial charge in [-0.25, -0.2) is 0 Å². The van der Waals surface area contributed by atoms with Gasteiger partial charge in [-0.2, -0.15) is 0 Å². The van der Waals surface area contributed by atoms with Gasteiger partial charge in [0.05, 0.1) is 0 Å². The van der Waals surface area contributed by atoms with Crippen LogP contribution in [0.15, 0.2) is 0 Å². The number of aliphatic hydroxyl groups is 1. The number of nitrogens with two attached hydrogens (primary N) is 1. The van der Waals surface area contributed by atoms with Gasteiger partial charge in [0, 0.05) is 44.7 Å². The highest BCUT2D eigenvalue weighted by Gasteiger charge is 2.17. The summed E-state index contributed by atoms with van der Waals surface area (Å²) in [5.41, 5.74) is 5.70. The van der Waals surface area contributed by atoms with Crippen LogP contribution in [-0.4, -0.2) is 54.2 Å². The first-order chi connectivity index (χ1) is 8.58. The largest absolute Gasteiger partial charge is 0.396 e. The molecular formula is C13H29N3O2. The number of hydrogen-bond acceptors (Lipinski definition) is 4. The van der Waals surface area contributed by atoms with E-state index < -0.39 is 0 Å². The number of nitrogens with zero attached hydrogens (tertiary/aromatic N) is 1. The fourth-order valence-corrected chi connectivity index (χ4v) is 2.01. The van der Waals surface area contributed by atoms with E-state index in [0.717, 1.165) is 25.9 Å². The molecule has 0 fully saturated rings. The Labute approximate surface area is 111 Å². The lowest BCUT2D eigenvalue weighted by molar-refractivity contribution is -0.131. The van der Waals surface area contributed by atoms with Crippen molar-refractivity contribution < 1.29 is 9.90 Å². The van der Waals surface area contributed by atoms with Crippen molar-refractivity contribution in [2.24, 2.45) is 5.73 Å². The second-order valence-corrected chi connectivity index (χ2v) is 4.64. The molecule has 0 aromatic carbocycles. The summed E-state index contributed by atoms with van der Waals surface area (Å²) >= 11 is 0. The zero-order valence-electron chi connectivity index (χ0n) is 12.0. The molecule has 2 atom stereocenters. The summed E-state index contributed by atoms with van der Waals surface area (Å²) in [5, 5.41) is 12.1. The smallest absolute Gasteiger partial charge is 0.224 e. The number of rotatable bonds is 10. The Kier molecular flexibility index (Phi) is 9.92. The van der Waals surface area contributed by atoms with Gasteiger partial charge >= 0.3 is 0 Å². The molecule has 5 nitrogen and oxygen atoms in total. The molecule has 0 aromatic rings. The summed E-state index contributed by atoms with van der Waals surface area (Å²) < 4.78 is 0. The minimum absolute atomic E-state index is 0.0202. The van der Waals surface area contributed by atoms with Gasteiger partial charge in [0.15, 0.2) is 0 Å². The SMILES string of the molecule is CCN(CC)C(=O)CC(CN)NC(C)CCCO. The Morgan fingerprint density at radius 3 is 2.44 bits per heavy atom. The molecule has 0 aromatic heterocycles. The van der Waals surface area contributed by atoms with Crippen molar-refractivity contribution in [1.29, 1.82) is 0 Å². The van der Waals surface area contributed by atoms with Crippen LogP contribution in [0.3, 0.4) is 0 Å². The van der Waals surface area contributed by atoms with E-state index >= 15 is 0 Å². The van der Waals surface area contributed by atoms with E-state index in [2.05, 4.69) is 12.2 Å². The minimum atomic E-state index is 0.0202. The zero-order chi connectivity index (χ0) is 14.0. The van der Waals surface area contributed by atoms with Crippen molar-refractivity contribution in [1.82, 2.24) is 10.2 Å². The number of hydrogen-bond donors (Lipinski definition) is 3. The lowest BCUT2D eigenvalue weighted by atomic mass is 10.1. The Morgan fingerprint density at radius 1 is 1.39 bits per heavy atom. The maximum Gasteiger partial charge on any atom is 0.224 e. The number of nitrogens with one attached hydrogen (secondary N) is 1. The Balaban J connectivity index is 4.13. The van der Waals surface area contributed by atoms with Crippen LogP contribution in [0.5, 0.6) is 0 Å². The number of carbonyl (C=O) groups is 1. The third kappa shape index (κ3) is 6.93. The first-order valence-corrected chi connectivity index (χ1v) is 6.93. The first kappa shape index (κ1) is 17.4. The fourth-order valence-electron chi connectivity index (χ4n) is 2.01. The van der Waals surface area contributed by atoms with E-state index in [4.69, 9.17) is 10.8 Å². The normalized spacial score (nSPS) is 14.3. The van der Waals surface area contributed by atoms with Gasteiger partial charge < -0.3 is 21.1 Å².